The minimum Gasteiger partial charge on any atom is -0.346 e. The molecule has 1 aliphatic heterocycles. The van der Waals surface area contributed by atoms with Gasteiger partial charge in [0.25, 0.3) is 0 Å². The molecule has 2 nitrogen and oxygen atoms in total. The van der Waals surface area contributed by atoms with Gasteiger partial charge in [0.05, 0.1) is 18.2 Å². The van der Waals surface area contributed by atoms with Crippen LogP contribution >= 0.6 is 45.8 Å². The van der Waals surface area contributed by atoms with Crippen molar-refractivity contribution in [1.29, 1.82) is 0 Å². The van der Waals surface area contributed by atoms with E-state index >= 15 is 0 Å². The molecule has 0 bridgehead atoms. The van der Waals surface area contributed by atoms with Crippen molar-refractivity contribution in [2.45, 2.75) is 6.29 Å². The van der Waals surface area contributed by atoms with Gasteiger partial charge in [-0.1, -0.05) is 23.2 Å². The van der Waals surface area contributed by atoms with Gasteiger partial charge in [-0.25, -0.2) is 0 Å². The van der Waals surface area contributed by atoms with Crippen LogP contribution in [0.3, 0.4) is 0 Å². The molecule has 0 aromatic heterocycles. The normalized spacial score (nSPS) is 17.6. The first-order valence-corrected chi connectivity index (χ1v) is 5.89. The van der Waals surface area contributed by atoms with Crippen LogP contribution in [0, 0.1) is 3.57 Å². The molecule has 0 saturated carbocycles. The highest BCUT2D eigenvalue weighted by atomic mass is 127. The highest BCUT2D eigenvalue weighted by Gasteiger charge is 2.21. The van der Waals surface area contributed by atoms with E-state index in [0.29, 0.717) is 23.3 Å². The maximum Gasteiger partial charge on any atom is 0.185 e. The van der Waals surface area contributed by atoms with Gasteiger partial charge in [-0.15, -0.1) is 0 Å². The van der Waals surface area contributed by atoms with Gasteiger partial charge in [-0.2, -0.15) is 0 Å². The molecular formula is C9H7Cl2IO2. The Hall–Kier alpha value is 0.450. The third-order valence-electron chi connectivity index (χ3n) is 1.92. The number of hydrogen-bond acceptors (Lipinski definition) is 2. The molecule has 1 fully saturated rings. The third-order valence-corrected chi connectivity index (χ3v) is 3.77. The van der Waals surface area contributed by atoms with Crippen LogP contribution in [0.5, 0.6) is 0 Å². The molecule has 5 heteroatoms. The lowest BCUT2D eigenvalue weighted by atomic mass is 10.2. The highest BCUT2D eigenvalue weighted by Crippen LogP contribution is 2.33. The molecule has 76 valence electrons. The number of benzene rings is 1. The second-order valence-electron chi connectivity index (χ2n) is 2.86. The number of hydrogen-bond donors (Lipinski definition) is 0. The predicted molar refractivity (Wildman–Crippen MR) is 63.8 cm³/mol. The Labute approximate surface area is 106 Å². The van der Waals surface area contributed by atoms with Crippen molar-refractivity contribution in [2.24, 2.45) is 0 Å². The van der Waals surface area contributed by atoms with Crippen LogP contribution in [0.15, 0.2) is 12.1 Å². The molecule has 0 spiro atoms. The van der Waals surface area contributed by atoms with E-state index in [1.807, 2.05) is 6.07 Å². The minimum atomic E-state index is -0.364. The summed E-state index contributed by atoms with van der Waals surface area (Å²) in [6.07, 6.45) is -0.364. The summed E-state index contributed by atoms with van der Waals surface area (Å²) in [5.74, 6) is 0. The molecule has 0 unspecified atom stereocenters. The molecule has 1 saturated heterocycles. The van der Waals surface area contributed by atoms with Crippen molar-refractivity contribution in [3.8, 4) is 0 Å². The van der Waals surface area contributed by atoms with E-state index in [-0.39, 0.29) is 6.29 Å². The number of halogens is 3. The lowest BCUT2D eigenvalue weighted by molar-refractivity contribution is -0.0440. The van der Waals surface area contributed by atoms with Crippen molar-refractivity contribution < 1.29 is 9.47 Å². The summed E-state index contributed by atoms with van der Waals surface area (Å²) in [5, 5.41) is 1.30. The quantitative estimate of drug-likeness (QED) is 0.572. The Morgan fingerprint density at radius 2 is 1.79 bits per heavy atom. The van der Waals surface area contributed by atoms with E-state index in [2.05, 4.69) is 22.6 Å². The van der Waals surface area contributed by atoms with Gasteiger partial charge in [-0.05, 0) is 34.7 Å². The van der Waals surface area contributed by atoms with Crippen molar-refractivity contribution in [2.75, 3.05) is 13.2 Å². The SMILES string of the molecule is Clc1cc(C2OCCO2)c(Cl)cc1I. The summed E-state index contributed by atoms with van der Waals surface area (Å²) in [6, 6.07) is 3.60. The summed E-state index contributed by atoms with van der Waals surface area (Å²) in [5.41, 5.74) is 0.801. The average molecular weight is 345 g/mol. The molecule has 1 aromatic carbocycles. The summed E-state index contributed by atoms with van der Waals surface area (Å²) in [7, 11) is 0. The van der Waals surface area contributed by atoms with Crippen LogP contribution in [0.25, 0.3) is 0 Å². The highest BCUT2D eigenvalue weighted by molar-refractivity contribution is 14.1. The second-order valence-corrected chi connectivity index (χ2v) is 4.84. The maximum absolute atomic E-state index is 6.06. The lowest BCUT2D eigenvalue weighted by Crippen LogP contribution is -1.99. The molecule has 0 radical (unpaired) electrons. The zero-order chi connectivity index (χ0) is 10.1. The first kappa shape index (κ1) is 11.0. The average Bonchev–Trinajstić information content (AvgIpc) is 2.64. The standard InChI is InChI=1S/C9H7Cl2IO2/c10-6-4-8(12)7(11)3-5(6)9-13-1-2-14-9/h3-4,9H,1-2H2. The van der Waals surface area contributed by atoms with Crippen LogP contribution in [0.1, 0.15) is 11.9 Å². The van der Waals surface area contributed by atoms with Crippen molar-refractivity contribution >= 4 is 45.8 Å². The van der Waals surface area contributed by atoms with E-state index in [1.54, 1.807) is 6.07 Å². The van der Waals surface area contributed by atoms with Crippen molar-refractivity contribution in [3.63, 3.8) is 0 Å². The summed E-state index contributed by atoms with van der Waals surface area (Å²) < 4.78 is 11.6. The molecule has 0 aliphatic carbocycles. The summed E-state index contributed by atoms with van der Waals surface area (Å²) in [4.78, 5) is 0. The Balaban J connectivity index is 2.37. The van der Waals surface area contributed by atoms with Crippen molar-refractivity contribution in [1.82, 2.24) is 0 Å². The molecule has 14 heavy (non-hydrogen) atoms. The topological polar surface area (TPSA) is 18.5 Å². The maximum atomic E-state index is 6.06. The molecule has 0 amide bonds. The fourth-order valence-corrected chi connectivity index (χ4v) is 2.33. The Kier molecular flexibility index (Phi) is 3.54. The van der Waals surface area contributed by atoms with Gasteiger partial charge >= 0.3 is 0 Å². The van der Waals surface area contributed by atoms with Crippen LogP contribution in [-0.4, -0.2) is 13.2 Å². The van der Waals surface area contributed by atoms with Gasteiger partial charge < -0.3 is 9.47 Å². The number of rotatable bonds is 1. The predicted octanol–water partition coefficient (Wildman–Crippen LogP) is 3.64. The van der Waals surface area contributed by atoms with Gasteiger partial charge in [0.1, 0.15) is 0 Å². The Bertz CT molecular complexity index is 351. The monoisotopic (exact) mass is 344 g/mol. The van der Waals surface area contributed by atoms with Gasteiger partial charge in [0.15, 0.2) is 6.29 Å². The summed E-state index contributed by atoms with van der Waals surface area (Å²) in [6.45, 7) is 1.20. The molecule has 1 heterocycles. The van der Waals surface area contributed by atoms with E-state index in [9.17, 15) is 0 Å². The van der Waals surface area contributed by atoms with Gasteiger partial charge in [0, 0.05) is 14.2 Å². The molecular weight excluding hydrogens is 338 g/mol. The van der Waals surface area contributed by atoms with Crippen LogP contribution in [0.4, 0.5) is 0 Å². The molecule has 2 rings (SSSR count). The van der Waals surface area contributed by atoms with Crippen LogP contribution in [-0.2, 0) is 9.47 Å². The largest absolute Gasteiger partial charge is 0.346 e. The first-order valence-electron chi connectivity index (χ1n) is 4.06. The van der Waals surface area contributed by atoms with E-state index in [0.717, 1.165) is 9.13 Å². The first-order chi connectivity index (χ1) is 6.68. The lowest BCUT2D eigenvalue weighted by Gasteiger charge is -2.12. The van der Waals surface area contributed by atoms with E-state index < -0.39 is 0 Å². The molecule has 1 aromatic rings. The van der Waals surface area contributed by atoms with E-state index in [4.69, 9.17) is 32.7 Å². The minimum absolute atomic E-state index is 0.364. The fraction of sp³-hybridized carbons (Fsp3) is 0.333. The third kappa shape index (κ3) is 2.17. The zero-order valence-corrected chi connectivity index (χ0v) is 10.8. The Morgan fingerprint density at radius 1 is 1.14 bits per heavy atom. The summed E-state index contributed by atoms with van der Waals surface area (Å²) >= 11 is 14.2. The van der Waals surface area contributed by atoms with Crippen molar-refractivity contribution in [3.05, 3.63) is 31.3 Å². The van der Waals surface area contributed by atoms with Gasteiger partial charge in [0.2, 0.25) is 0 Å². The van der Waals surface area contributed by atoms with Crippen LogP contribution < -0.4 is 0 Å². The van der Waals surface area contributed by atoms with E-state index in [1.165, 1.54) is 0 Å². The number of ether oxygens (including phenoxy) is 2. The molecule has 1 aliphatic rings. The second kappa shape index (κ2) is 4.53. The molecule has 0 atom stereocenters. The molecule has 0 N–H and O–H groups in total. The Morgan fingerprint density at radius 3 is 2.43 bits per heavy atom. The zero-order valence-electron chi connectivity index (χ0n) is 7.10. The fourth-order valence-electron chi connectivity index (χ4n) is 1.26. The van der Waals surface area contributed by atoms with Crippen LogP contribution in [0.2, 0.25) is 10.0 Å². The smallest absolute Gasteiger partial charge is 0.185 e. The van der Waals surface area contributed by atoms with Gasteiger partial charge in [-0.3, -0.25) is 0 Å².